The highest BCUT2D eigenvalue weighted by atomic mass is 35.5. The third-order valence-corrected chi connectivity index (χ3v) is 4.45. The van der Waals surface area contributed by atoms with Gasteiger partial charge >= 0.3 is 0 Å². The van der Waals surface area contributed by atoms with Gasteiger partial charge in [-0.3, -0.25) is 9.59 Å². The van der Waals surface area contributed by atoms with Crippen LogP contribution in [-0.4, -0.2) is 41.3 Å². The zero-order valence-electron chi connectivity index (χ0n) is 11.1. The van der Waals surface area contributed by atoms with Crippen LogP contribution >= 0.6 is 11.6 Å². The standard InChI is InChI=1S/C14H16ClN3O2/c15-11-3-1-2-10(17-11)13(20)18-6-4-14(5-7-18)8-12(19)16-9-14/h1-3H,4-9H2,(H,16,19). The number of piperidine rings is 1. The lowest BCUT2D eigenvalue weighted by atomic mass is 9.77. The molecule has 1 spiro atoms. The highest BCUT2D eigenvalue weighted by molar-refractivity contribution is 6.29. The Morgan fingerprint density at radius 2 is 2.10 bits per heavy atom. The summed E-state index contributed by atoms with van der Waals surface area (Å²) in [6.07, 6.45) is 2.31. The molecule has 0 unspecified atom stereocenters. The van der Waals surface area contributed by atoms with Crippen LogP contribution in [0.1, 0.15) is 29.8 Å². The van der Waals surface area contributed by atoms with Crippen LogP contribution < -0.4 is 5.32 Å². The summed E-state index contributed by atoms with van der Waals surface area (Å²) in [6, 6.07) is 5.06. The number of rotatable bonds is 1. The zero-order valence-corrected chi connectivity index (χ0v) is 11.8. The molecule has 2 saturated heterocycles. The summed E-state index contributed by atoms with van der Waals surface area (Å²) >= 11 is 5.81. The van der Waals surface area contributed by atoms with Crippen molar-refractivity contribution in [2.24, 2.45) is 5.41 Å². The molecule has 0 atom stereocenters. The molecule has 0 radical (unpaired) electrons. The predicted octanol–water partition coefficient (Wildman–Crippen LogP) is 1.48. The smallest absolute Gasteiger partial charge is 0.272 e. The number of pyridine rings is 1. The van der Waals surface area contributed by atoms with Gasteiger partial charge in [0.05, 0.1) is 0 Å². The van der Waals surface area contributed by atoms with E-state index in [2.05, 4.69) is 10.3 Å². The van der Waals surface area contributed by atoms with Gasteiger partial charge < -0.3 is 10.2 Å². The SMILES string of the molecule is O=C1CC2(CCN(C(=O)c3cccc(Cl)n3)CC2)CN1. The predicted molar refractivity (Wildman–Crippen MR) is 74.4 cm³/mol. The fourth-order valence-corrected chi connectivity index (χ4v) is 3.14. The van der Waals surface area contributed by atoms with E-state index in [4.69, 9.17) is 11.6 Å². The molecule has 0 saturated carbocycles. The Morgan fingerprint density at radius 3 is 2.70 bits per heavy atom. The Bertz CT molecular complexity index is 553. The third-order valence-electron chi connectivity index (χ3n) is 4.24. The second-order valence-electron chi connectivity index (χ2n) is 5.59. The molecule has 0 aromatic carbocycles. The van der Waals surface area contributed by atoms with Gasteiger partial charge in [0.1, 0.15) is 10.8 Å². The van der Waals surface area contributed by atoms with Crippen LogP contribution in [0.15, 0.2) is 18.2 Å². The van der Waals surface area contributed by atoms with Crippen LogP contribution in [0.4, 0.5) is 0 Å². The summed E-state index contributed by atoms with van der Waals surface area (Å²) in [7, 11) is 0. The molecule has 0 bridgehead atoms. The van der Waals surface area contributed by atoms with E-state index >= 15 is 0 Å². The number of hydrogen-bond donors (Lipinski definition) is 1. The minimum Gasteiger partial charge on any atom is -0.356 e. The van der Waals surface area contributed by atoms with Gasteiger partial charge in [-0.1, -0.05) is 17.7 Å². The van der Waals surface area contributed by atoms with Crippen molar-refractivity contribution in [3.63, 3.8) is 0 Å². The molecule has 5 nitrogen and oxygen atoms in total. The lowest BCUT2D eigenvalue weighted by molar-refractivity contribution is -0.119. The number of hydrogen-bond acceptors (Lipinski definition) is 3. The average Bonchev–Trinajstić information content (AvgIpc) is 2.80. The van der Waals surface area contributed by atoms with E-state index in [1.165, 1.54) is 0 Å². The lowest BCUT2D eigenvalue weighted by Crippen LogP contribution is -2.44. The van der Waals surface area contributed by atoms with Crippen molar-refractivity contribution in [3.05, 3.63) is 29.0 Å². The fourth-order valence-electron chi connectivity index (χ4n) is 2.98. The molecule has 1 aromatic heterocycles. The Kier molecular flexibility index (Phi) is 3.38. The molecule has 1 N–H and O–H groups in total. The van der Waals surface area contributed by atoms with Gasteiger partial charge in [0, 0.05) is 26.1 Å². The highest BCUT2D eigenvalue weighted by Crippen LogP contribution is 2.37. The normalized spacial score (nSPS) is 21.1. The van der Waals surface area contributed by atoms with Gasteiger partial charge in [0.2, 0.25) is 5.91 Å². The number of carbonyl (C=O) groups is 2. The summed E-state index contributed by atoms with van der Waals surface area (Å²) in [4.78, 5) is 29.6. The Labute approximate surface area is 122 Å². The third kappa shape index (κ3) is 2.50. The maximum atomic E-state index is 12.3. The van der Waals surface area contributed by atoms with Crippen molar-refractivity contribution in [3.8, 4) is 0 Å². The van der Waals surface area contributed by atoms with Gasteiger partial charge in [-0.05, 0) is 30.4 Å². The molecular formula is C14H16ClN3O2. The van der Waals surface area contributed by atoms with Crippen LogP contribution in [0.5, 0.6) is 0 Å². The number of carbonyl (C=O) groups excluding carboxylic acids is 2. The zero-order chi connectivity index (χ0) is 14.2. The van der Waals surface area contributed by atoms with E-state index < -0.39 is 0 Å². The molecule has 2 aliphatic heterocycles. The van der Waals surface area contributed by atoms with E-state index in [1.54, 1.807) is 23.1 Å². The quantitative estimate of drug-likeness (QED) is 0.798. The number of nitrogens with one attached hydrogen (secondary N) is 1. The maximum Gasteiger partial charge on any atom is 0.272 e. The van der Waals surface area contributed by atoms with Gasteiger partial charge in [0.25, 0.3) is 5.91 Å². The molecule has 1 aromatic rings. The number of amides is 2. The van der Waals surface area contributed by atoms with Crippen LogP contribution in [0.3, 0.4) is 0 Å². The average molecular weight is 294 g/mol. The van der Waals surface area contributed by atoms with Crippen molar-refractivity contribution >= 4 is 23.4 Å². The maximum absolute atomic E-state index is 12.3. The summed E-state index contributed by atoms with van der Waals surface area (Å²) in [5, 5.41) is 3.22. The Balaban J connectivity index is 1.66. The van der Waals surface area contributed by atoms with Crippen molar-refractivity contribution in [1.29, 1.82) is 0 Å². The first-order valence-corrected chi connectivity index (χ1v) is 7.14. The number of aromatic nitrogens is 1. The van der Waals surface area contributed by atoms with Gasteiger partial charge in [-0.15, -0.1) is 0 Å². The molecule has 2 aliphatic rings. The monoisotopic (exact) mass is 293 g/mol. The van der Waals surface area contributed by atoms with Crippen LogP contribution in [0.25, 0.3) is 0 Å². The first kappa shape index (κ1) is 13.4. The molecule has 6 heteroatoms. The van der Waals surface area contributed by atoms with Gasteiger partial charge in [-0.2, -0.15) is 0 Å². The second kappa shape index (κ2) is 5.05. The van der Waals surface area contributed by atoms with E-state index in [0.717, 1.165) is 19.4 Å². The summed E-state index contributed by atoms with van der Waals surface area (Å²) in [5.41, 5.74) is 0.435. The molecule has 3 rings (SSSR count). The summed E-state index contributed by atoms with van der Waals surface area (Å²) in [6.45, 7) is 2.08. The molecular weight excluding hydrogens is 278 g/mol. The fraction of sp³-hybridized carbons (Fsp3) is 0.500. The first-order chi connectivity index (χ1) is 9.58. The first-order valence-electron chi connectivity index (χ1n) is 6.77. The van der Waals surface area contributed by atoms with E-state index in [1.807, 2.05) is 0 Å². The minimum absolute atomic E-state index is 0.0512. The number of likely N-dealkylation sites (tertiary alicyclic amines) is 1. The van der Waals surface area contributed by atoms with Crippen LogP contribution in [0.2, 0.25) is 5.15 Å². The topological polar surface area (TPSA) is 62.3 Å². The molecule has 2 amide bonds. The molecule has 106 valence electrons. The summed E-state index contributed by atoms with van der Waals surface area (Å²) in [5.74, 6) is 0.0425. The number of nitrogens with zero attached hydrogens (tertiary/aromatic N) is 2. The molecule has 0 aliphatic carbocycles. The molecule has 3 heterocycles. The molecule has 20 heavy (non-hydrogen) atoms. The summed E-state index contributed by atoms with van der Waals surface area (Å²) < 4.78 is 0. The van der Waals surface area contributed by atoms with Crippen molar-refractivity contribution in [2.45, 2.75) is 19.3 Å². The second-order valence-corrected chi connectivity index (χ2v) is 5.98. The van der Waals surface area contributed by atoms with Crippen molar-refractivity contribution in [2.75, 3.05) is 19.6 Å². The van der Waals surface area contributed by atoms with Crippen LogP contribution in [-0.2, 0) is 4.79 Å². The minimum atomic E-state index is -0.0837. The molecule has 2 fully saturated rings. The van der Waals surface area contributed by atoms with Crippen LogP contribution in [0, 0.1) is 5.41 Å². The Hall–Kier alpha value is -1.62. The van der Waals surface area contributed by atoms with Gasteiger partial charge in [-0.25, -0.2) is 4.98 Å². The Morgan fingerprint density at radius 1 is 1.35 bits per heavy atom. The number of halogens is 1. The lowest BCUT2D eigenvalue weighted by Gasteiger charge is -2.38. The van der Waals surface area contributed by atoms with E-state index in [0.29, 0.717) is 30.4 Å². The van der Waals surface area contributed by atoms with E-state index in [-0.39, 0.29) is 17.2 Å². The largest absolute Gasteiger partial charge is 0.356 e. The van der Waals surface area contributed by atoms with Gasteiger partial charge in [0.15, 0.2) is 0 Å². The van der Waals surface area contributed by atoms with E-state index in [9.17, 15) is 9.59 Å². The van der Waals surface area contributed by atoms with Crippen molar-refractivity contribution < 1.29 is 9.59 Å². The van der Waals surface area contributed by atoms with Crippen molar-refractivity contribution in [1.82, 2.24) is 15.2 Å². The highest BCUT2D eigenvalue weighted by Gasteiger charge is 2.41.